The summed E-state index contributed by atoms with van der Waals surface area (Å²) in [6, 6.07) is 4.10. The molecule has 3 rings (SSSR count). The van der Waals surface area contributed by atoms with Gasteiger partial charge in [-0.25, -0.2) is 0 Å². The average molecular weight is 362 g/mol. The van der Waals surface area contributed by atoms with Crippen LogP contribution in [0.4, 0.5) is 0 Å². The second kappa shape index (κ2) is 7.72. The van der Waals surface area contributed by atoms with Crippen LogP contribution in [0, 0.1) is 5.92 Å². The molecule has 1 saturated carbocycles. The van der Waals surface area contributed by atoms with Crippen LogP contribution in [-0.4, -0.2) is 31.1 Å². The second-order valence-electron chi connectivity index (χ2n) is 6.42. The molecule has 1 heterocycles. The Morgan fingerprint density at radius 2 is 1.68 bits per heavy atom. The quantitative estimate of drug-likeness (QED) is 0.747. The lowest BCUT2D eigenvalue weighted by Crippen LogP contribution is -2.47. The van der Waals surface area contributed by atoms with Gasteiger partial charge in [-0.2, -0.15) is 0 Å². The lowest BCUT2D eigenvalue weighted by molar-refractivity contribution is 0.103. The van der Waals surface area contributed by atoms with Crippen molar-refractivity contribution >= 4 is 34.8 Å². The molecular weight excluding hydrogens is 339 g/mol. The normalized spacial score (nSPS) is 22.7. The van der Waals surface area contributed by atoms with Gasteiger partial charge in [0, 0.05) is 37.2 Å². The van der Waals surface area contributed by atoms with Gasteiger partial charge < -0.3 is 5.32 Å². The van der Waals surface area contributed by atoms with Crippen molar-refractivity contribution in [3.63, 3.8) is 0 Å². The van der Waals surface area contributed by atoms with Crippen molar-refractivity contribution in [1.82, 2.24) is 10.2 Å². The monoisotopic (exact) mass is 360 g/mol. The van der Waals surface area contributed by atoms with Crippen LogP contribution in [0.1, 0.15) is 43.7 Å². The molecule has 1 aromatic rings. The lowest BCUT2D eigenvalue weighted by Gasteiger charge is -2.41. The number of hydrogen-bond donors (Lipinski definition) is 1. The van der Waals surface area contributed by atoms with Gasteiger partial charge in [0.1, 0.15) is 0 Å². The van der Waals surface area contributed by atoms with E-state index in [4.69, 9.17) is 34.8 Å². The minimum Gasteiger partial charge on any atom is -0.314 e. The Morgan fingerprint density at radius 3 is 2.36 bits per heavy atom. The molecule has 0 spiro atoms. The van der Waals surface area contributed by atoms with Gasteiger partial charge in [-0.3, -0.25) is 4.90 Å². The summed E-state index contributed by atoms with van der Waals surface area (Å²) in [6.45, 7) is 4.19. The zero-order chi connectivity index (χ0) is 15.5. The van der Waals surface area contributed by atoms with E-state index in [1.54, 1.807) is 6.07 Å². The highest BCUT2D eigenvalue weighted by molar-refractivity contribution is 6.43. The van der Waals surface area contributed by atoms with E-state index in [0.717, 1.165) is 31.7 Å². The molecule has 5 heteroatoms. The van der Waals surface area contributed by atoms with Crippen molar-refractivity contribution in [3.8, 4) is 0 Å². The van der Waals surface area contributed by atoms with Crippen LogP contribution in [-0.2, 0) is 0 Å². The third-order valence-corrected chi connectivity index (χ3v) is 6.02. The molecule has 0 unspecified atom stereocenters. The van der Waals surface area contributed by atoms with Gasteiger partial charge in [0.05, 0.1) is 10.0 Å². The summed E-state index contributed by atoms with van der Waals surface area (Å²) in [7, 11) is 0. The smallest absolute Gasteiger partial charge is 0.0641 e. The van der Waals surface area contributed by atoms with Crippen molar-refractivity contribution in [2.75, 3.05) is 26.2 Å². The summed E-state index contributed by atoms with van der Waals surface area (Å²) >= 11 is 19.1. The summed E-state index contributed by atoms with van der Waals surface area (Å²) < 4.78 is 0. The molecule has 122 valence electrons. The zero-order valence-corrected chi connectivity index (χ0v) is 15.0. The Bertz CT molecular complexity index is 491. The molecule has 0 aromatic heterocycles. The maximum atomic E-state index is 6.57. The van der Waals surface area contributed by atoms with Crippen LogP contribution < -0.4 is 5.32 Å². The molecule has 2 nitrogen and oxygen atoms in total. The molecule has 1 saturated heterocycles. The maximum Gasteiger partial charge on any atom is 0.0641 e. The van der Waals surface area contributed by atoms with Crippen molar-refractivity contribution in [1.29, 1.82) is 0 Å². The summed E-state index contributed by atoms with van der Waals surface area (Å²) in [5.41, 5.74) is 1.12. The number of hydrogen-bond acceptors (Lipinski definition) is 2. The van der Waals surface area contributed by atoms with E-state index in [2.05, 4.69) is 10.2 Å². The van der Waals surface area contributed by atoms with Crippen molar-refractivity contribution in [2.45, 2.75) is 38.1 Å². The Balaban J connectivity index is 1.96. The fourth-order valence-corrected chi connectivity index (χ4v) is 4.68. The third kappa shape index (κ3) is 3.73. The van der Waals surface area contributed by atoms with Gasteiger partial charge >= 0.3 is 0 Å². The van der Waals surface area contributed by atoms with E-state index in [-0.39, 0.29) is 0 Å². The Morgan fingerprint density at radius 1 is 1.00 bits per heavy atom. The van der Waals surface area contributed by atoms with Crippen LogP contribution in [0.25, 0.3) is 0 Å². The van der Waals surface area contributed by atoms with Crippen LogP contribution in [0.5, 0.6) is 0 Å². The van der Waals surface area contributed by atoms with Crippen molar-refractivity contribution < 1.29 is 0 Å². The van der Waals surface area contributed by atoms with E-state index in [1.165, 1.54) is 32.1 Å². The molecule has 0 radical (unpaired) electrons. The Hall–Kier alpha value is 0.01000. The number of benzene rings is 1. The number of piperazine rings is 1. The fraction of sp³-hybridized carbons (Fsp3) is 0.647. The largest absolute Gasteiger partial charge is 0.314 e. The molecule has 1 aliphatic heterocycles. The van der Waals surface area contributed by atoms with Crippen molar-refractivity contribution in [2.24, 2.45) is 5.92 Å². The predicted octanol–water partition coefficient (Wildman–Crippen LogP) is 5.17. The molecule has 2 aliphatic rings. The van der Waals surface area contributed by atoms with Crippen LogP contribution in [0.2, 0.25) is 15.1 Å². The van der Waals surface area contributed by atoms with Gasteiger partial charge in [-0.05, 0) is 36.5 Å². The molecule has 0 bridgehead atoms. The number of halogens is 3. The molecule has 2 fully saturated rings. The summed E-state index contributed by atoms with van der Waals surface area (Å²) in [5.74, 6) is 0.652. The number of nitrogens with zero attached hydrogens (tertiary/aromatic N) is 1. The predicted molar refractivity (Wildman–Crippen MR) is 95.2 cm³/mol. The maximum absolute atomic E-state index is 6.57. The van der Waals surface area contributed by atoms with E-state index in [1.807, 2.05) is 6.07 Å². The fourth-order valence-electron chi connectivity index (χ4n) is 3.95. The molecule has 1 aliphatic carbocycles. The highest BCUT2D eigenvalue weighted by atomic mass is 35.5. The number of rotatable bonds is 3. The average Bonchev–Trinajstić information content (AvgIpc) is 2.54. The highest BCUT2D eigenvalue weighted by Gasteiger charge is 2.32. The van der Waals surface area contributed by atoms with Gasteiger partial charge in [-0.1, -0.05) is 54.1 Å². The van der Waals surface area contributed by atoms with E-state index < -0.39 is 0 Å². The standard InChI is InChI=1S/C17H23Cl3N2/c18-13-10-14(16(20)15(19)11-13)17(12-4-2-1-3-5-12)22-8-6-21-7-9-22/h10-12,17,21H,1-9H2/t17-/m1/s1. The highest BCUT2D eigenvalue weighted by Crippen LogP contribution is 2.43. The van der Waals surface area contributed by atoms with Gasteiger partial charge in [0.15, 0.2) is 0 Å². The summed E-state index contributed by atoms with van der Waals surface area (Å²) in [5, 5.41) is 5.37. The molecule has 22 heavy (non-hydrogen) atoms. The molecular formula is C17H23Cl3N2. The zero-order valence-electron chi connectivity index (χ0n) is 12.8. The SMILES string of the molecule is Clc1cc(Cl)c(Cl)c([C@@H](C2CCCCC2)N2CCNCC2)c1. The first-order chi connectivity index (χ1) is 10.7. The Labute approximate surface area is 148 Å². The van der Waals surface area contributed by atoms with E-state index in [9.17, 15) is 0 Å². The van der Waals surface area contributed by atoms with Crippen LogP contribution >= 0.6 is 34.8 Å². The molecule has 1 N–H and O–H groups in total. The summed E-state index contributed by atoms with van der Waals surface area (Å²) in [6.07, 6.45) is 6.54. The number of nitrogens with one attached hydrogen (secondary N) is 1. The molecule has 1 aromatic carbocycles. The molecule has 1 atom stereocenters. The van der Waals surface area contributed by atoms with Gasteiger partial charge in [-0.15, -0.1) is 0 Å². The minimum absolute atomic E-state index is 0.339. The first-order valence-electron chi connectivity index (χ1n) is 8.26. The minimum atomic E-state index is 0.339. The molecule has 0 amide bonds. The van der Waals surface area contributed by atoms with Crippen LogP contribution in [0.15, 0.2) is 12.1 Å². The first-order valence-corrected chi connectivity index (χ1v) is 9.39. The van der Waals surface area contributed by atoms with Crippen LogP contribution in [0.3, 0.4) is 0 Å². The third-order valence-electron chi connectivity index (χ3n) is 4.98. The Kier molecular flexibility index (Phi) is 5.91. The topological polar surface area (TPSA) is 15.3 Å². The second-order valence-corrected chi connectivity index (χ2v) is 7.64. The van der Waals surface area contributed by atoms with Gasteiger partial charge in [0.25, 0.3) is 0 Å². The van der Waals surface area contributed by atoms with E-state index in [0.29, 0.717) is 27.0 Å². The first kappa shape index (κ1) is 16.9. The van der Waals surface area contributed by atoms with Crippen molar-refractivity contribution in [3.05, 3.63) is 32.8 Å². The van der Waals surface area contributed by atoms with E-state index >= 15 is 0 Å². The van der Waals surface area contributed by atoms with Gasteiger partial charge in [0.2, 0.25) is 0 Å². The lowest BCUT2D eigenvalue weighted by atomic mass is 9.80. The summed E-state index contributed by atoms with van der Waals surface area (Å²) in [4.78, 5) is 2.57.